The average Bonchev–Trinajstić information content (AvgIpc) is 2.47. The fourth-order valence-corrected chi connectivity index (χ4v) is 2.92. The minimum Gasteiger partial charge on any atom is -0.497 e. The molecule has 0 aliphatic heterocycles. The predicted molar refractivity (Wildman–Crippen MR) is 83.5 cm³/mol. The molecule has 1 atom stereocenters. The Kier molecular flexibility index (Phi) is 5.84. The maximum Gasteiger partial charge on any atom is 0.122 e. The van der Waals surface area contributed by atoms with Crippen LogP contribution in [0.25, 0.3) is 0 Å². The molecule has 2 N–H and O–H groups in total. The molecule has 114 valence electrons. The van der Waals surface area contributed by atoms with Crippen molar-refractivity contribution in [3.05, 3.63) is 23.8 Å². The summed E-state index contributed by atoms with van der Waals surface area (Å²) < 4.78 is 10.7. The molecular weight excluding hydrogens is 252 g/mol. The van der Waals surface area contributed by atoms with Crippen molar-refractivity contribution in [3.63, 3.8) is 0 Å². The van der Waals surface area contributed by atoms with E-state index in [2.05, 4.69) is 32.8 Å². The van der Waals surface area contributed by atoms with Gasteiger partial charge in [-0.3, -0.25) is 0 Å². The molecule has 0 fully saturated rings. The Hall–Kier alpha value is -1.26. The molecule has 1 unspecified atom stereocenters. The van der Waals surface area contributed by atoms with Crippen molar-refractivity contribution in [2.45, 2.75) is 38.3 Å². The van der Waals surface area contributed by atoms with Crippen LogP contribution in [-0.4, -0.2) is 38.8 Å². The summed E-state index contributed by atoms with van der Waals surface area (Å²) in [6.07, 6.45) is 1.97. The molecule has 4 heteroatoms. The van der Waals surface area contributed by atoms with Gasteiger partial charge in [-0.2, -0.15) is 0 Å². The Morgan fingerprint density at radius 1 is 1.05 bits per heavy atom. The van der Waals surface area contributed by atoms with Gasteiger partial charge in [-0.1, -0.05) is 13.8 Å². The molecule has 1 aromatic rings. The third-order valence-corrected chi connectivity index (χ3v) is 4.43. The number of ether oxygens (including phenoxy) is 2. The Bertz CT molecular complexity index is 406. The number of benzene rings is 1. The minimum absolute atomic E-state index is 0.0720. The van der Waals surface area contributed by atoms with Crippen LogP contribution < -0.4 is 15.2 Å². The second kappa shape index (κ2) is 6.95. The van der Waals surface area contributed by atoms with E-state index in [0.717, 1.165) is 29.9 Å². The van der Waals surface area contributed by atoms with Gasteiger partial charge >= 0.3 is 0 Å². The molecule has 0 heterocycles. The second-order valence-electron chi connectivity index (χ2n) is 5.33. The van der Waals surface area contributed by atoms with Gasteiger partial charge in [-0.25, -0.2) is 0 Å². The van der Waals surface area contributed by atoms with E-state index in [1.807, 2.05) is 18.2 Å². The van der Waals surface area contributed by atoms with Gasteiger partial charge in [0.25, 0.3) is 0 Å². The van der Waals surface area contributed by atoms with Crippen LogP contribution in [0.1, 0.15) is 38.3 Å². The van der Waals surface area contributed by atoms with Crippen molar-refractivity contribution in [1.82, 2.24) is 4.90 Å². The summed E-state index contributed by atoms with van der Waals surface area (Å²) in [5.41, 5.74) is 7.56. The van der Waals surface area contributed by atoms with Crippen LogP contribution in [0, 0.1) is 0 Å². The maximum absolute atomic E-state index is 6.59. The summed E-state index contributed by atoms with van der Waals surface area (Å²) >= 11 is 0. The molecule has 0 bridgehead atoms. The van der Waals surface area contributed by atoms with Crippen LogP contribution in [0.4, 0.5) is 0 Å². The van der Waals surface area contributed by atoms with E-state index in [0.29, 0.717) is 0 Å². The molecule has 1 aromatic carbocycles. The van der Waals surface area contributed by atoms with E-state index < -0.39 is 0 Å². The number of methoxy groups -OCH3 is 2. The predicted octanol–water partition coefficient (Wildman–Crippen LogP) is 2.82. The van der Waals surface area contributed by atoms with E-state index in [9.17, 15) is 0 Å². The number of rotatable bonds is 7. The number of nitrogens with two attached hydrogens (primary N) is 1. The number of hydrogen-bond donors (Lipinski definition) is 1. The maximum atomic E-state index is 6.59. The highest BCUT2D eigenvalue weighted by Crippen LogP contribution is 2.36. The Labute approximate surface area is 122 Å². The van der Waals surface area contributed by atoms with Crippen LogP contribution >= 0.6 is 0 Å². The lowest BCUT2D eigenvalue weighted by Gasteiger charge is -2.43. The number of likely N-dealkylation sites (N-methyl/N-ethyl adjacent to an activating group) is 1. The molecule has 0 amide bonds. The van der Waals surface area contributed by atoms with E-state index in [4.69, 9.17) is 15.2 Å². The zero-order valence-electron chi connectivity index (χ0n) is 13.6. The van der Waals surface area contributed by atoms with Crippen molar-refractivity contribution in [3.8, 4) is 11.5 Å². The van der Waals surface area contributed by atoms with E-state index >= 15 is 0 Å². The summed E-state index contributed by atoms with van der Waals surface area (Å²) in [5, 5.41) is 0. The molecule has 0 radical (unpaired) electrons. The third kappa shape index (κ3) is 3.07. The van der Waals surface area contributed by atoms with Crippen LogP contribution in [-0.2, 0) is 0 Å². The lowest BCUT2D eigenvalue weighted by molar-refractivity contribution is 0.105. The molecule has 0 aliphatic rings. The summed E-state index contributed by atoms with van der Waals surface area (Å²) in [4.78, 5) is 2.23. The highest BCUT2D eigenvalue weighted by Gasteiger charge is 2.36. The van der Waals surface area contributed by atoms with Gasteiger partial charge in [0.2, 0.25) is 0 Å². The Morgan fingerprint density at radius 3 is 1.80 bits per heavy atom. The summed E-state index contributed by atoms with van der Waals surface area (Å²) in [7, 11) is 7.49. The second-order valence-corrected chi connectivity index (χ2v) is 5.33. The van der Waals surface area contributed by atoms with Gasteiger partial charge in [-0.15, -0.1) is 0 Å². The highest BCUT2D eigenvalue weighted by atomic mass is 16.5. The van der Waals surface area contributed by atoms with E-state index in [-0.39, 0.29) is 11.6 Å². The Balaban J connectivity index is 3.27. The first-order valence-corrected chi connectivity index (χ1v) is 7.11. The van der Waals surface area contributed by atoms with Gasteiger partial charge in [0.05, 0.1) is 14.2 Å². The zero-order valence-corrected chi connectivity index (χ0v) is 13.6. The van der Waals surface area contributed by atoms with Gasteiger partial charge in [-0.05, 0) is 44.6 Å². The normalized spacial score (nSPS) is 13.4. The van der Waals surface area contributed by atoms with Gasteiger partial charge in [0.15, 0.2) is 0 Å². The van der Waals surface area contributed by atoms with Gasteiger partial charge in [0, 0.05) is 17.6 Å². The monoisotopic (exact) mass is 280 g/mol. The lowest BCUT2D eigenvalue weighted by Crippen LogP contribution is -2.51. The first kappa shape index (κ1) is 16.8. The molecule has 0 aliphatic carbocycles. The summed E-state index contributed by atoms with van der Waals surface area (Å²) in [5.74, 6) is 1.55. The largest absolute Gasteiger partial charge is 0.497 e. The fraction of sp³-hybridized carbons (Fsp3) is 0.625. The van der Waals surface area contributed by atoms with Crippen LogP contribution in [0.5, 0.6) is 11.5 Å². The van der Waals surface area contributed by atoms with Gasteiger partial charge < -0.3 is 20.1 Å². The smallest absolute Gasteiger partial charge is 0.122 e. The topological polar surface area (TPSA) is 47.7 Å². The number of hydrogen-bond acceptors (Lipinski definition) is 4. The standard InChI is InChI=1S/C16H28N2O2/c1-7-16(8-2,18(3)4)15(17)12-9-13(19-5)11-14(10-12)20-6/h9-11,15H,7-8,17H2,1-6H3. The zero-order chi connectivity index (χ0) is 15.3. The SMILES string of the molecule is CCC(CC)(C(N)c1cc(OC)cc(OC)c1)N(C)C. The van der Waals surface area contributed by atoms with Crippen LogP contribution in [0.2, 0.25) is 0 Å². The quantitative estimate of drug-likeness (QED) is 0.834. The summed E-state index contributed by atoms with van der Waals surface area (Å²) in [6, 6.07) is 5.76. The van der Waals surface area contributed by atoms with E-state index in [1.165, 1.54) is 0 Å². The van der Waals surface area contributed by atoms with Crippen molar-refractivity contribution in [1.29, 1.82) is 0 Å². The fourth-order valence-electron chi connectivity index (χ4n) is 2.92. The van der Waals surface area contributed by atoms with Crippen molar-refractivity contribution < 1.29 is 9.47 Å². The highest BCUT2D eigenvalue weighted by molar-refractivity contribution is 5.40. The Morgan fingerprint density at radius 2 is 1.50 bits per heavy atom. The molecule has 0 spiro atoms. The van der Waals surface area contributed by atoms with E-state index in [1.54, 1.807) is 14.2 Å². The summed E-state index contributed by atoms with van der Waals surface area (Å²) in [6.45, 7) is 4.36. The number of nitrogens with zero attached hydrogens (tertiary/aromatic N) is 1. The molecule has 4 nitrogen and oxygen atoms in total. The molecule has 1 rings (SSSR count). The lowest BCUT2D eigenvalue weighted by atomic mass is 9.80. The average molecular weight is 280 g/mol. The third-order valence-electron chi connectivity index (χ3n) is 4.43. The molecule has 0 aromatic heterocycles. The van der Waals surface area contributed by atoms with Crippen molar-refractivity contribution in [2.24, 2.45) is 5.73 Å². The molecule has 0 saturated heterocycles. The molecular formula is C16H28N2O2. The van der Waals surface area contributed by atoms with Crippen LogP contribution in [0.3, 0.4) is 0 Å². The molecule has 20 heavy (non-hydrogen) atoms. The van der Waals surface area contributed by atoms with Crippen LogP contribution in [0.15, 0.2) is 18.2 Å². The first-order valence-electron chi connectivity index (χ1n) is 7.11. The first-order chi connectivity index (χ1) is 9.44. The molecule has 0 saturated carbocycles. The van der Waals surface area contributed by atoms with Crippen molar-refractivity contribution >= 4 is 0 Å². The minimum atomic E-state index is -0.100. The van der Waals surface area contributed by atoms with Gasteiger partial charge in [0.1, 0.15) is 11.5 Å². The van der Waals surface area contributed by atoms with Crippen molar-refractivity contribution in [2.75, 3.05) is 28.3 Å².